The van der Waals surface area contributed by atoms with Gasteiger partial charge in [-0.3, -0.25) is 9.35 Å². The molecule has 0 aliphatic heterocycles. The standard InChI is InChI=1S/C11H9NO5S/c12-11(14)7-3-1-2-6-4-9(13)10(5-8(6)7)18(15,16)17/h1-5,13H,(H2,12,14)(H,15,16,17). The Morgan fingerprint density at radius 3 is 2.44 bits per heavy atom. The highest BCUT2D eigenvalue weighted by molar-refractivity contribution is 7.86. The van der Waals surface area contributed by atoms with Crippen LogP contribution in [0.15, 0.2) is 35.2 Å². The molecule has 0 aliphatic carbocycles. The number of aromatic hydroxyl groups is 1. The van der Waals surface area contributed by atoms with E-state index < -0.39 is 26.7 Å². The molecule has 0 spiro atoms. The summed E-state index contributed by atoms with van der Waals surface area (Å²) in [6.07, 6.45) is 0. The lowest BCUT2D eigenvalue weighted by molar-refractivity contribution is 0.100. The van der Waals surface area contributed by atoms with Gasteiger partial charge in [0, 0.05) is 5.56 Å². The van der Waals surface area contributed by atoms with Gasteiger partial charge in [-0.1, -0.05) is 12.1 Å². The van der Waals surface area contributed by atoms with Crippen molar-refractivity contribution in [1.29, 1.82) is 0 Å². The van der Waals surface area contributed by atoms with E-state index in [-0.39, 0.29) is 10.9 Å². The monoisotopic (exact) mass is 267 g/mol. The number of primary amides is 1. The van der Waals surface area contributed by atoms with Crippen LogP contribution in [-0.2, 0) is 10.1 Å². The van der Waals surface area contributed by atoms with E-state index in [4.69, 9.17) is 10.3 Å². The second kappa shape index (κ2) is 3.97. The van der Waals surface area contributed by atoms with Crippen molar-refractivity contribution in [3.63, 3.8) is 0 Å². The van der Waals surface area contributed by atoms with Crippen molar-refractivity contribution in [2.45, 2.75) is 4.90 Å². The van der Waals surface area contributed by atoms with E-state index in [0.717, 1.165) is 12.1 Å². The van der Waals surface area contributed by atoms with E-state index in [9.17, 15) is 18.3 Å². The quantitative estimate of drug-likeness (QED) is 0.698. The topological polar surface area (TPSA) is 118 Å². The van der Waals surface area contributed by atoms with Crippen LogP contribution in [0.5, 0.6) is 5.75 Å². The molecule has 4 N–H and O–H groups in total. The van der Waals surface area contributed by atoms with Crippen LogP contribution in [0.25, 0.3) is 10.8 Å². The summed E-state index contributed by atoms with van der Waals surface area (Å²) in [6, 6.07) is 6.71. The van der Waals surface area contributed by atoms with Crippen molar-refractivity contribution in [2.24, 2.45) is 5.73 Å². The number of nitrogens with two attached hydrogens (primary N) is 1. The van der Waals surface area contributed by atoms with E-state index in [1.54, 1.807) is 12.1 Å². The first kappa shape index (κ1) is 12.3. The largest absolute Gasteiger partial charge is 0.506 e. The Bertz CT molecular complexity index is 751. The zero-order valence-corrected chi connectivity index (χ0v) is 9.81. The van der Waals surface area contributed by atoms with Crippen LogP contribution >= 0.6 is 0 Å². The van der Waals surface area contributed by atoms with Crippen LogP contribution in [0.3, 0.4) is 0 Å². The van der Waals surface area contributed by atoms with Crippen LogP contribution in [-0.4, -0.2) is 24.0 Å². The Morgan fingerprint density at radius 2 is 1.89 bits per heavy atom. The lowest BCUT2D eigenvalue weighted by Gasteiger charge is -2.07. The maximum atomic E-state index is 11.2. The minimum Gasteiger partial charge on any atom is -0.506 e. The van der Waals surface area contributed by atoms with Crippen molar-refractivity contribution < 1.29 is 22.9 Å². The molecule has 0 unspecified atom stereocenters. The van der Waals surface area contributed by atoms with E-state index >= 15 is 0 Å². The highest BCUT2D eigenvalue weighted by atomic mass is 32.2. The molecular weight excluding hydrogens is 258 g/mol. The lowest BCUT2D eigenvalue weighted by atomic mass is 10.0. The van der Waals surface area contributed by atoms with Gasteiger partial charge in [-0.2, -0.15) is 8.42 Å². The highest BCUT2D eigenvalue weighted by Crippen LogP contribution is 2.30. The molecule has 18 heavy (non-hydrogen) atoms. The SMILES string of the molecule is NC(=O)c1cccc2cc(O)c(S(=O)(=O)O)cc12. The molecule has 0 atom stereocenters. The van der Waals surface area contributed by atoms with E-state index in [1.165, 1.54) is 6.07 Å². The average molecular weight is 267 g/mol. The second-order valence-corrected chi connectivity index (χ2v) is 5.08. The predicted octanol–water partition coefficient (Wildman–Crippen LogP) is 0.891. The molecule has 0 fully saturated rings. The molecule has 0 aromatic heterocycles. The van der Waals surface area contributed by atoms with Crippen LogP contribution in [0.1, 0.15) is 10.4 Å². The average Bonchev–Trinajstić information content (AvgIpc) is 2.25. The molecule has 0 bridgehead atoms. The van der Waals surface area contributed by atoms with Gasteiger partial charge in [-0.15, -0.1) is 0 Å². The van der Waals surface area contributed by atoms with Gasteiger partial charge in [0.25, 0.3) is 10.1 Å². The van der Waals surface area contributed by atoms with Crippen molar-refractivity contribution >= 4 is 26.8 Å². The Balaban J connectivity index is 2.92. The Kier molecular flexibility index (Phi) is 2.72. The molecule has 0 aliphatic rings. The number of hydrogen-bond donors (Lipinski definition) is 3. The number of carbonyl (C=O) groups is 1. The molecule has 2 aromatic rings. The Hall–Kier alpha value is -2.12. The maximum absolute atomic E-state index is 11.2. The van der Waals surface area contributed by atoms with Gasteiger partial charge in [0.2, 0.25) is 5.91 Å². The first-order chi connectivity index (χ1) is 8.30. The minimum atomic E-state index is -4.57. The molecule has 2 aromatic carbocycles. The fourth-order valence-corrected chi connectivity index (χ4v) is 2.30. The molecule has 0 saturated heterocycles. The normalized spacial score (nSPS) is 11.6. The minimum absolute atomic E-state index is 0.109. The molecule has 2 rings (SSSR count). The van der Waals surface area contributed by atoms with Gasteiger partial charge in [-0.05, 0) is 29.0 Å². The fraction of sp³-hybridized carbons (Fsp3) is 0. The number of amides is 1. The number of phenolic OH excluding ortho intramolecular Hbond substituents is 1. The Morgan fingerprint density at radius 1 is 1.22 bits per heavy atom. The molecular formula is C11H9NO5S. The van der Waals surface area contributed by atoms with E-state index in [0.29, 0.717) is 5.39 Å². The summed E-state index contributed by atoms with van der Waals surface area (Å²) in [5.41, 5.74) is 5.27. The molecule has 0 saturated carbocycles. The molecule has 1 amide bonds. The highest BCUT2D eigenvalue weighted by Gasteiger charge is 2.18. The maximum Gasteiger partial charge on any atom is 0.298 e. The third kappa shape index (κ3) is 2.01. The number of rotatable bonds is 2. The van der Waals surface area contributed by atoms with Crippen LogP contribution in [0.4, 0.5) is 0 Å². The molecule has 0 heterocycles. The van der Waals surface area contributed by atoms with Crippen molar-refractivity contribution in [3.8, 4) is 5.75 Å². The summed E-state index contributed by atoms with van der Waals surface area (Å²) in [5.74, 6) is -1.32. The number of fused-ring (bicyclic) bond motifs is 1. The number of hydrogen-bond acceptors (Lipinski definition) is 4. The summed E-state index contributed by atoms with van der Waals surface area (Å²) >= 11 is 0. The van der Waals surface area contributed by atoms with Crippen molar-refractivity contribution in [3.05, 3.63) is 35.9 Å². The molecule has 6 nitrogen and oxygen atoms in total. The van der Waals surface area contributed by atoms with Gasteiger partial charge in [0.1, 0.15) is 10.6 Å². The van der Waals surface area contributed by atoms with Gasteiger partial charge in [0.05, 0.1) is 0 Å². The van der Waals surface area contributed by atoms with E-state index in [2.05, 4.69) is 0 Å². The molecule has 0 radical (unpaired) electrons. The van der Waals surface area contributed by atoms with Gasteiger partial charge < -0.3 is 10.8 Å². The van der Waals surface area contributed by atoms with Crippen LogP contribution in [0, 0.1) is 0 Å². The molecule has 7 heteroatoms. The number of carbonyl (C=O) groups excluding carboxylic acids is 1. The second-order valence-electron chi connectivity index (χ2n) is 3.69. The van der Waals surface area contributed by atoms with E-state index in [1.807, 2.05) is 0 Å². The van der Waals surface area contributed by atoms with Crippen LogP contribution < -0.4 is 5.73 Å². The van der Waals surface area contributed by atoms with Crippen LogP contribution in [0.2, 0.25) is 0 Å². The third-order valence-electron chi connectivity index (χ3n) is 2.50. The van der Waals surface area contributed by atoms with Gasteiger partial charge >= 0.3 is 0 Å². The Labute approximate surface area is 102 Å². The van der Waals surface area contributed by atoms with Gasteiger partial charge in [0.15, 0.2) is 0 Å². The van der Waals surface area contributed by atoms with Crippen molar-refractivity contribution in [1.82, 2.24) is 0 Å². The number of phenols is 1. The summed E-state index contributed by atoms with van der Waals surface area (Å²) in [7, 11) is -4.57. The molecule has 94 valence electrons. The zero-order valence-electron chi connectivity index (χ0n) is 8.99. The lowest BCUT2D eigenvalue weighted by Crippen LogP contribution is -2.11. The summed E-state index contributed by atoms with van der Waals surface area (Å²) < 4.78 is 31.1. The number of benzene rings is 2. The predicted molar refractivity (Wildman–Crippen MR) is 63.9 cm³/mol. The van der Waals surface area contributed by atoms with Crippen molar-refractivity contribution in [2.75, 3.05) is 0 Å². The zero-order chi connectivity index (χ0) is 13.5. The van der Waals surface area contributed by atoms with Gasteiger partial charge in [-0.25, -0.2) is 0 Å². The first-order valence-corrected chi connectivity index (χ1v) is 6.28. The smallest absolute Gasteiger partial charge is 0.298 e. The summed E-state index contributed by atoms with van der Waals surface area (Å²) in [6.45, 7) is 0. The fourth-order valence-electron chi connectivity index (χ4n) is 1.71. The summed E-state index contributed by atoms with van der Waals surface area (Å²) in [4.78, 5) is 10.5. The summed E-state index contributed by atoms with van der Waals surface area (Å²) in [5, 5.41) is 10.2. The first-order valence-electron chi connectivity index (χ1n) is 4.84. The third-order valence-corrected chi connectivity index (χ3v) is 3.39.